The number of amides is 1. The number of halogens is 1. The molecule has 3 rings (SSSR count). The van der Waals surface area contributed by atoms with Gasteiger partial charge in [0.15, 0.2) is 5.82 Å². The second kappa shape index (κ2) is 6.36. The number of H-pyrrole nitrogens is 1. The number of methoxy groups -OCH3 is 1. The van der Waals surface area contributed by atoms with Crippen molar-refractivity contribution in [2.24, 2.45) is 0 Å². The van der Waals surface area contributed by atoms with Gasteiger partial charge in [0.2, 0.25) is 0 Å². The van der Waals surface area contributed by atoms with Crippen LogP contribution in [-0.2, 0) is 0 Å². The van der Waals surface area contributed by atoms with Crippen LogP contribution < -0.4 is 10.1 Å². The molecule has 1 amide bonds. The Balaban J connectivity index is 2.02. The lowest BCUT2D eigenvalue weighted by atomic mass is 9.95. The molecule has 0 saturated heterocycles. The van der Waals surface area contributed by atoms with E-state index in [1.165, 1.54) is 7.11 Å². The van der Waals surface area contributed by atoms with Gasteiger partial charge in [-0.3, -0.25) is 9.89 Å². The number of rotatable bonds is 6. The number of carbonyl (C=O) groups is 1. The maximum Gasteiger partial charge on any atom is 0.335 e. The van der Waals surface area contributed by atoms with Crippen LogP contribution in [0.25, 0.3) is 11.4 Å². The van der Waals surface area contributed by atoms with Crippen LogP contribution in [-0.4, -0.2) is 41.4 Å². The van der Waals surface area contributed by atoms with Crippen molar-refractivity contribution in [3.05, 3.63) is 28.8 Å². The predicted octanol–water partition coefficient (Wildman–Crippen LogP) is 2.37. The Morgan fingerprint density at radius 1 is 1.48 bits per heavy atom. The van der Waals surface area contributed by atoms with E-state index < -0.39 is 6.67 Å². The summed E-state index contributed by atoms with van der Waals surface area (Å²) >= 11 is 0. The van der Waals surface area contributed by atoms with E-state index in [-0.39, 0.29) is 18.5 Å². The first kappa shape index (κ1) is 15.5. The van der Waals surface area contributed by atoms with E-state index in [0.717, 1.165) is 29.5 Å². The standard InChI is InChI=1S/C16H19FN4O2/c1-9-7-12(10-3-4-10)13(14-19-16(23-2)21-20-14)8-11(9)15(22)18-6-5-17/h7-8,10H,3-6H2,1-2H3,(H,18,22)(H,19,20,21). The Morgan fingerprint density at radius 2 is 2.26 bits per heavy atom. The molecular formula is C16H19FN4O2. The van der Waals surface area contributed by atoms with Crippen LogP contribution in [0.5, 0.6) is 6.01 Å². The smallest absolute Gasteiger partial charge is 0.335 e. The topological polar surface area (TPSA) is 79.9 Å². The highest BCUT2D eigenvalue weighted by Gasteiger charge is 2.29. The number of nitrogens with zero attached hydrogens (tertiary/aromatic N) is 2. The number of alkyl halides is 1. The molecule has 1 aromatic heterocycles. The number of hydrogen-bond acceptors (Lipinski definition) is 4. The Morgan fingerprint density at radius 3 is 2.87 bits per heavy atom. The van der Waals surface area contributed by atoms with Gasteiger partial charge < -0.3 is 10.1 Å². The molecule has 1 fully saturated rings. The van der Waals surface area contributed by atoms with Gasteiger partial charge in [-0.2, -0.15) is 4.98 Å². The Kier molecular flexibility index (Phi) is 4.27. The number of aryl methyl sites for hydroxylation is 1. The van der Waals surface area contributed by atoms with Crippen LogP contribution in [0.4, 0.5) is 4.39 Å². The number of nitrogens with one attached hydrogen (secondary N) is 2. The monoisotopic (exact) mass is 318 g/mol. The third kappa shape index (κ3) is 3.18. The van der Waals surface area contributed by atoms with Gasteiger partial charge in [-0.25, -0.2) is 4.39 Å². The zero-order valence-corrected chi connectivity index (χ0v) is 13.1. The quantitative estimate of drug-likeness (QED) is 0.857. The molecule has 1 saturated carbocycles. The average Bonchev–Trinajstić information content (AvgIpc) is 3.29. The van der Waals surface area contributed by atoms with E-state index in [2.05, 4.69) is 20.5 Å². The number of aromatic amines is 1. The Labute approximate surface area is 133 Å². The minimum absolute atomic E-state index is 0.00805. The van der Waals surface area contributed by atoms with Gasteiger partial charge in [-0.05, 0) is 42.9 Å². The summed E-state index contributed by atoms with van der Waals surface area (Å²) in [4.78, 5) is 16.5. The summed E-state index contributed by atoms with van der Waals surface area (Å²) in [6, 6.07) is 4.08. The summed E-state index contributed by atoms with van der Waals surface area (Å²) in [6.07, 6.45) is 2.26. The lowest BCUT2D eigenvalue weighted by Crippen LogP contribution is -2.26. The SMILES string of the molecule is COc1n[nH]c(-c2cc(C(=O)NCCF)c(C)cc2C2CC2)n1. The Hall–Kier alpha value is -2.44. The third-order valence-corrected chi connectivity index (χ3v) is 3.94. The molecule has 23 heavy (non-hydrogen) atoms. The van der Waals surface area contributed by atoms with Crippen molar-refractivity contribution in [3.8, 4) is 17.4 Å². The maximum absolute atomic E-state index is 12.3. The van der Waals surface area contributed by atoms with E-state index in [1.807, 2.05) is 13.0 Å². The van der Waals surface area contributed by atoms with E-state index in [4.69, 9.17) is 4.74 Å². The highest BCUT2D eigenvalue weighted by molar-refractivity contribution is 5.97. The van der Waals surface area contributed by atoms with Crippen molar-refractivity contribution >= 4 is 5.91 Å². The normalized spacial score (nSPS) is 13.9. The molecule has 1 aliphatic rings. The van der Waals surface area contributed by atoms with Gasteiger partial charge in [0.05, 0.1) is 7.11 Å². The van der Waals surface area contributed by atoms with Crippen LogP contribution in [0.2, 0.25) is 0 Å². The summed E-state index contributed by atoms with van der Waals surface area (Å²) < 4.78 is 17.3. The van der Waals surface area contributed by atoms with Crippen LogP contribution in [0.3, 0.4) is 0 Å². The van der Waals surface area contributed by atoms with E-state index in [1.54, 1.807) is 6.07 Å². The number of aromatic nitrogens is 3. The maximum atomic E-state index is 12.3. The van der Waals surface area contributed by atoms with Crippen molar-refractivity contribution in [3.63, 3.8) is 0 Å². The Bertz CT molecular complexity index is 725. The predicted molar refractivity (Wildman–Crippen MR) is 83.4 cm³/mol. The summed E-state index contributed by atoms with van der Waals surface area (Å²) in [5, 5.41) is 9.38. The number of carbonyl (C=O) groups excluding carboxylic acids is 1. The van der Waals surface area contributed by atoms with Gasteiger partial charge in [0.1, 0.15) is 6.67 Å². The molecule has 0 unspecified atom stereocenters. The van der Waals surface area contributed by atoms with Crippen LogP contribution >= 0.6 is 0 Å². The van der Waals surface area contributed by atoms with Gasteiger partial charge in [0, 0.05) is 17.7 Å². The zero-order valence-electron chi connectivity index (χ0n) is 13.1. The van der Waals surface area contributed by atoms with Crippen LogP contribution in [0, 0.1) is 6.92 Å². The fourth-order valence-electron chi connectivity index (χ4n) is 2.63. The highest BCUT2D eigenvalue weighted by atomic mass is 19.1. The lowest BCUT2D eigenvalue weighted by molar-refractivity contribution is 0.0950. The minimum Gasteiger partial charge on any atom is -0.466 e. The summed E-state index contributed by atoms with van der Waals surface area (Å²) in [5.74, 6) is 0.779. The fourth-order valence-corrected chi connectivity index (χ4v) is 2.63. The number of hydrogen-bond donors (Lipinski definition) is 2. The fraction of sp³-hybridized carbons (Fsp3) is 0.438. The molecule has 122 valence electrons. The van der Waals surface area contributed by atoms with E-state index >= 15 is 0 Å². The first-order valence-corrected chi connectivity index (χ1v) is 7.59. The van der Waals surface area contributed by atoms with E-state index in [0.29, 0.717) is 17.3 Å². The molecule has 1 aromatic carbocycles. The molecule has 0 atom stereocenters. The molecule has 7 heteroatoms. The largest absolute Gasteiger partial charge is 0.466 e. The summed E-state index contributed by atoms with van der Waals surface area (Å²) in [5.41, 5.74) is 3.40. The van der Waals surface area contributed by atoms with E-state index in [9.17, 15) is 9.18 Å². The van der Waals surface area contributed by atoms with Gasteiger partial charge in [-0.1, -0.05) is 6.07 Å². The minimum atomic E-state index is -0.586. The van der Waals surface area contributed by atoms with Crippen molar-refractivity contribution in [1.82, 2.24) is 20.5 Å². The molecule has 2 N–H and O–H groups in total. The molecule has 0 spiro atoms. The zero-order chi connectivity index (χ0) is 16.4. The van der Waals surface area contributed by atoms with Crippen LogP contribution in [0.15, 0.2) is 12.1 Å². The first-order valence-electron chi connectivity index (χ1n) is 7.59. The first-order chi connectivity index (χ1) is 11.1. The van der Waals surface area contributed by atoms with Crippen molar-refractivity contribution in [2.45, 2.75) is 25.7 Å². The molecule has 1 aliphatic carbocycles. The number of benzene rings is 1. The molecular weight excluding hydrogens is 299 g/mol. The second-order valence-corrected chi connectivity index (χ2v) is 5.64. The molecule has 0 radical (unpaired) electrons. The van der Waals surface area contributed by atoms with Gasteiger partial charge >= 0.3 is 6.01 Å². The van der Waals surface area contributed by atoms with Gasteiger partial charge in [0.25, 0.3) is 5.91 Å². The highest BCUT2D eigenvalue weighted by Crippen LogP contribution is 2.44. The van der Waals surface area contributed by atoms with Gasteiger partial charge in [-0.15, -0.1) is 5.10 Å². The molecule has 2 aromatic rings. The second-order valence-electron chi connectivity index (χ2n) is 5.64. The molecule has 0 aliphatic heterocycles. The molecule has 0 bridgehead atoms. The number of ether oxygens (including phenoxy) is 1. The molecule has 6 nitrogen and oxygen atoms in total. The van der Waals surface area contributed by atoms with Crippen molar-refractivity contribution < 1.29 is 13.9 Å². The lowest BCUT2D eigenvalue weighted by Gasteiger charge is -2.12. The van der Waals surface area contributed by atoms with Crippen molar-refractivity contribution in [1.29, 1.82) is 0 Å². The summed E-state index contributed by atoms with van der Waals surface area (Å²) in [6.45, 7) is 1.31. The summed E-state index contributed by atoms with van der Waals surface area (Å²) in [7, 11) is 1.50. The molecule has 1 heterocycles. The third-order valence-electron chi connectivity index (χ3n) is 3.94. The average molecular weight is 318 g/mol. The van der Waals surface area contributed by atoms with Crippen LogP contribution in [0.1, 0.15) is 40.2 Å². The van der Waals surface area contributed by atoms with Crippen molar-refractivity contribution in [2.75, 3.05) is 20.3 Å².